The van der Waals surface area contributed by atoms with Gasteiger partial charge in [-0.25, -0.2) is 0 Å². The molecule has 0 unspecified atom stereocenters. The number of likely N-dealkylation sites (N-methyl/N-ethyl adjacent to an activating group) is 1. The molecule has 0 spiro atoms. The molecule has 0 heterocycles. The van der Waals surface area contributed by atoms with E-state index in [1.807, 2.05) is 19.9 Å². The topological polar surface area (TPSA) is 67.9 Å². The first-order valence-corrected chi connectivity index (χ1v) is 6.73. The maximum Gasteiger partial charge on any atom is 0.260 e. The molecule has 1 N–H and O–H groups in total. The number of nitrogens with one attached hydrogen (secondary N) is 1. The van der Waals surface area contributed by atoms with Crippen LogP contribution in [0.1, 0.15) is 13.8 Å². The van der Waals surface area contributed by atoms with Crippen molar-refractivity contribution in [2.45, 2.75) is 19.9 Å². The molecule has 1 aromatic rings. The van der Waals surface area contributed by atoms with Crippen molar-refractivity contribution in [3.8, 4) is 11.5 Å². The largest absolute Gasteiger partial charge is 0.493 e. The summed E-state index contributed by atoms with van der Waals surface area (Å²) in [6.07, 6.45) is 0. The van der Waals surface area contributed by atoms with Gasteiger partial charge in [-0.05, 0) is 26.0 Å². The average Bonchev–Trinajstić information content (AvgIpc) is 2.43. The Labute approximate surface area is 125 Å². The fourth-order valence-electron chi connectivity index (χ4n) is 1.66. The summed E-state index contributed by atoms with van der Waals surface area (Å²) in [5.41, 5.74) is 0. The lowest BCUT2D eigenvalue weighted by Crippen LogP contribution is -2.42. The molecule has 1 aromatic carbocycles. The van der Waals surface area contributed by atoms with Crippen molar-refractivity contribution in [2.75, 3.05) is 27.3 Å². The minimum atomic E-state index is -0.278. The van der Waals surface area contributed by atoms with Crippen LogP contribution in [-0.4, -0.2) is 50.1 Å². The van der Waals surface area contributed by atoms with Crippen molar-refractivity contribution in [2.24, 2.45) is 0 Å². The van der Waals surface area contributed by atoms with Crippen molar-refractivity contribution in [3.05, 3.63) is 24.3 Å². The Hall–Kier alpha value is -2.24. The van der Waals surface area contributed by atoms with E-state index >= 15 is 0 Å². The molecule has 0 saturated heterocycles. The van der Waals surface area contributed by atoms with Crippen LogP contribution in [0.15, 0.2) is 24.3 Å². The van der Waals surface area contributed by atoms with Gasteiger partial charge in [0.05, 0.1) is 13.7 Å². The number of nitrogens with zero attached hydrogens (tertiary/aromatic N) is 1. The molecule has 116 valence electrons. The van der Waals surface area contributed by atoms with Gasteiger partial charge in [0.15, 0.2) is 18.1 Å². The molecular weight excluding hydrogens is 272 g/mol. The van der Waals surface area contributed by atoms with Gasteiger partial charge in [0.1, 0.15) is 0 Å². The van der Waals surface area contributed by atoms with Gasteiger partial charge < -0.3 is 19.7 Å². The third kappa shape index (κ3) is 5.72. The Bertz CT molecular complexity index is 488. The van der Waals surface area contributed by atoms with E-state index in [0.29, 0.717) is 11.5 Å². The van der Waals surface area contributed by atoms with E-state index in [1.54, 1.807) is 25.2 Å². The Kier molecular flexibility index (Phi) is 6.52. The highest BCUT2D eigenvalue weighted by molar-refractivity contribution is 5.85. The average molecular weight is 294 g/mol. The van der Waals surface area contributed by atoms with Crippen LogP contribution >= 0.6 is 0 Å². The standard InChI is InChI=1S/C15H22N2O4/c1-11(2)16-14(18)9-17(3)15(19)10-21-13-8-6-5-7-12(13)20-4/h5-8,11H,9-10H2,1-4H3,(H,16,18). The van der Waals surface area contributed by atoms with Crippen molar-refractivity contribution in [3.63, 3.8) is 0 Å². The summed E-state index contributed by atoms with van der Waals surface area (Å²) >= 11 is 0. The highest BCUT2D eigenvalue weighted by Gasteiger charge is 2.14. The molecule has 1 rings (SSSR count). The predicted octanol–water partition coefficient (Wildman–Crippen LogP) is 1.06. The first kappa shape index (κ1) is 16.8. The molecule has 0 aliphatic heterocycles. The monoisotopic (exact) mass is 294 g/mol. The van der Waals surface area contributed by atoms with Crippen LogP contribution in [0.25, 0.3) is 0 Å². The molecule has 0 aliphatic carbocycles. The fraction of sp³-hybridized carbons (Fsp3) is 0.467. The van der Waals surface area contributed by atoms with E-state index in [4.69, 9.17) is 9.47 Å². The number of methoxy groups -OCH3 is 1. The van der Waals surface area contributed by atoms with Crippen molar-refractivity contribution >= 4 is 11.8 Å². The molecule has 6 nitrogen and oxygen atoms in total. The third-order valence-corrected chi connectivity index (χ3v) is 2.68. The van der Waals surface area contributed by atoms with E-state index < -0.39 is 0 Å². The Morgan fingerprint density at radius 3 is 2.43 bits per heavy atom. The Morgan fingerprint density at radius 1 is 1.24 bits per heavy atom. The van der Waals surface area contributed by atoms with E-state index in [-0.39, 0.29) is 31.0 Å². The summed E-state index contributed by atoms with van der Waals surface area (Å²) in [6, 6.07) is 7.13. The lowest BCUT2D eigenvalue weighted by molar-refractivity contribution is -0.136. The van der Waals surface area contributed by atoms with Gasteiger partial charge >= 0.3 is 0 Å². The number of carbonyl (C=O) groups is 2. The maximum atomic E-state index is 11.9. The lowest BCUT2D eigenvalue weighted by atomic mass is 10.3. The van der Waals surface area contributed by atoms with Gasteiger partial charge in [-0.1, -0.05) is 12.1 Å². The molecule has 6 heteroatoms. The number of hydrogen-bond donors (Lipinski definition) is 1. The molecule has 0 radical (unpaired) electrons. The Balaban J connectivity index is 2.47. The maximum absolute atomic E-state index is 11.9. The first-order valence-electron chi connectivity index (χ1n) is 6.73. The second-order valence-electron chi connectivity index (χ2n) is 4.91. The van der Waals surface area contributed by atoms with Gasteiger partial charge in [0.25, 0.3) is 5.91 Å². The zero-order valence-electron chi connectivity index (χ0n) is 12.9. The van der Waals surface area contributed by atoms with Crippen LogP contribution in [0.2, 0.25) is 0 Å². The highest BCUT2D eigenvalue weighted by Crippen LogP contribution is 2.25. The summed E-state index contributed by atoms with van der Waals surface area (Å²) in [6.45, 7) is 3.59. The highest BCUT2D eigenvalue weighted by atomic mass is 16.5. The van der Waals surface area contributed by atoms with Crippen LogP contribution in [0.4, 0.5) is 0 Å². The van der Waals surface area contributed by atoms with Crippen LogP contribution in [-0.2, 0) is 9.59 Å². The summed E-state index contributed by atoms with van der Waals surface area (Å²) in [5.74, 6) is 0.580. The zero-order valence-corrected chi connectivity index (χ0v) is 12.9. The van der Waals surface area contributed by atoms with Gasteiger partial charge in [-0.2, -0.15) is 0 Å². The zero-order chi connectivity index (χ0) is 15.8. The number of rotatable bonds is 7. The van der Waals surface area contributed by atoms with Crippen LogP contribution in [0, 0.1) is 0 Å². The van der Waals surface area contributed by atoms with Crippen molar-refractivity contribution in [1.29, 1.82) is 0 Å². The number of benzene rings is 1. The minimum Gasteiger partial charge on any atom is -0.493 e. The second kappa shape index (κ2) is 8.14. The third-order valence-electron chi connectivity index (χ3n) is 2.68. The van der Waals surface area contributed by atoms with Gasteiger partial charge in [-0.3, -0.25) is 9.59 Å². The van der Waals surface area contributed by atoms with Crippen LogP contribution in [0.3, 0.4) is 0 Å². The van der Waals surface area contributed by atoms with Crippen LogP contribution in [0.5, 0.6) is 11.5 Å². The normalized spacial score (nSPS) is 10.1. The fourth-order valence-corrected chi connectivity index (χ4v) is 1.66. The Morgan fingerprint density at radius 2 is 1.86 bits per heavy atom. The molecular formula is C15H22N2O4. The smallest absolute Gasteiger partial charge is 0.260 e. The predicted molar refractivity (Wildman–Crippen MR) is 79.4 cm³/mol. The quantitative estimate of drug-likeness (QED) is 0.816. The molecule has 0 saturated carbocycles. The molecule has 21 heavy (non-hydrogen) atoms. The lowest BCUT2D eigenvalue weighted by Gasteiger charge is -2.18. The number of para-hydroxylation sites is 2. The summed E-state index contributed by atoms with van der Waals surface area (Å²) < 4.78 is 10.6. The van der Waals surface area contributed by atoms with E-state index in [2.05, 4.69) is 5.32 Å². The molecule has 2 amide bonds. The van der Waals surface area contributed by atoms with Crippen LogP contribution < -0.4 is 14.8 Å². The molecule has 0 fully saturated rings. The number of hydrogen-bond acceptors (Lipinski definition) is 4. The molecule has 0 aliphatic rings. The molecule has 0 bridgehead atoms. The summed E-state index contributed by atoms with van der Waals surface area (Å²) in [7, 11) is 3.10. The van der Waals surface area contributed by atoms with Crippen molar-refractivity contribution < 1.29 is 19.1 Å². The summed E-state index contributed by atoms with van der Waals surface area (Å²) in [4.78, 5) is 24.8. The van der Waals surface area contributed by atoms with E-state index in [1.165, 1.54) is 12.0 Å². The second-order valence-corrected chi connectivity index (χ2v) is 4.91. The van der Waals surface area contributed by atoms with E-state index in [0.717, 1.165) is 0 Å². The van der Waals surface area contributed by atoms with E-state index in [9.17, 15) is 9.59 Å². The number of amides is 2. The minimum absolute atomic E-state index is 0.00625. The SMILES string of the molecule is COc1ccccc1OCC(=O)N(C)CC(=O)NC(C)C. The number of carbonyl (C=O) groups excluding carboxylic acids is 2. The van der Waals surface area contributed by atoms with Crippen molar-refractivity contribution in [1.82, 2.24) is 10.2 Å². The molecule has 0 aromatic heterocycles. The summed E-state index contributed by atoms with van der Waals surface area (Å²) in [5, 5.41) is 2.73. The first-order chi connectivity index (χ1) is 9.93. The van der Waals surface area contributed by atoms with Gasteiger partial charge in [0.2, 0.25) is 5.91 Å². The molecule has 0 atom stereocenters. The van der Waals surface area contributed by atoms with Gasteiger partial charge in [-0.15, -0.1) is 0 Å². The number of ether oxygens (including phenoxy) is 2. The van der Waals surface area contributed by atoms with Gasteiger partial charge in [0, 0.05) is 13.1 Å².